The van der Waals surface area contributed by atoms with Crippen LogP contribution in [0.2, 0.25) is 0 Å². The van der Waals surface area contributed by atoms with Gasteiger partial charge in [-0.05, 0) is 56.5 Å². The average Bonchev–Trinajstić information content (AvgIpc) is 3.15. The van der Waals surface area contributed by atoms with Crippen LogP contribution in [0.25, 0.3) is 0 Å². The van der Waals surface area contributed by atoms with Gasteiger partial charge in [-0.3, -0.25) is 9.59 Å². The monoisotopic (exact) mass is 433 g/mol. The summed E-state index contributed by atoms with van der Waals surface area (Å²) in [6.07, 6.45) is 3.14. The molecular weight excluding hydrogens is 406 g/mol. The Kier molecular flexibility index (Phi) is 9.01. The number of halogens is 1. The van der Waals surface area contributed by atoms with E-state index in [1.54, 1.807) is 0 Å². The Morgan fingerprint density at radius 3 is 2.55 bits per heavy atom. The van der Waals surface area contributed by atoms with Crippen molar-refractivity contribution in [2.24, 2.45) is 11.7 Å². The number of anilines is 1. The molecule has 0 bridgehead atoms. The zero-order valence-corrected chi connectivity index (χ0v) is 18.2. The van der Waals surface area contributed by atoms with E-state index in [1.165, 1.54) is 11.8 Å². The highest BCUT2D eigenvalue weighted by Crippen LogP contribution is 2.27. The molecule has 5 nitrogen and oxygen atoms in total. The number of rotatable bonds is 7. The van der Waals surface area contributed by atoms with E-state index in [-0.39, 0.29) is 36.0 Å². The zero-order chi connectivity index (χ0) is 19.9. The Bertz CT molecular complexity index is 829. The van der Waals surface area contributed by atoms with Gasteiger partial charge in [0.1, 0.15) is 0 Å². The number of hydrogen-bond acceptors (Lipinski definition) is 4. The molecule has 156 valence electrons. The lowest BCUT2D eigenvalue weighted by molar-refractivity contribution is -0.113. The first kappa shape index (κ1) is 23.3. The quantitative estimate of drug-likeness (QED) is 0.576. The maximum Gasteiger partial charge on any atom is 0.252 e. The van der Waals surface area contributed by atoms with Crippen LogP contribution in [0, 0.1) is 12.8 Å². The van der Waals surface area contributed by atoms with E-state index in [1.807, 2.05) is 55.5 Å². The molecule has 2 atom stereocenters. The Morgan fingerprint density at radius 2 is 1.83 bits per heavy atom. The number of carbonyl (C=O) groups excluding carboxylic acids is 2. The van der Waals surface area contributed by atoms with Crippen molar-refractivity contribution in [1.29, 1.82) is 0 Å². The maximum absolute atomic E-state index is 12.8. The summed E-state index contributed by atoms with van der Waals surface area (Å²) in [5.74, 6) is 0.409. The molecule has 29 heavy (non-hydrogen) atoms. The van der Waals surface area contributed by atoms with Crippen molar-refractivity contribution in [2.75, 3.05) is 17.6 Å². The van der Waals surface area contributed by atoms with Crippen molar-refractivity contribution in [1.82, 2.24) is 5.32 Å². The Balaban J connectivity index is 0.00000300. The van der Waals surface area contributed by atoms with Crippen molar-refractivity contribution in [3.8, 4) is 0 Å². The van der Waals surface area contributed by atoms with Gasteiger partial charge in [-0.2, -0.15) is 0 Å². The summed E-state index contributed by atoms with van der Waals surface area (Å²) >= 11 is 1.37. The number of amides is 2. The third kappa shape index (κ3) is 6.49. The minimum Gasteiger partial charge on any atom is -0.349 e. The second kappa shape index (κ2) is 11.2. The predicted octanol–water partition coefficient (Wildman–Crippen LogP) is 4.00. The number of thioether (sulfide) groups is 1. The number of carbonyl (C=O) groups is 2. The summed E-state index contributed by atoms with van der Waals surface area (Å²) in [5, 5.41) is 6.02. The van der Waals surface area contributed by atoms with Gasteiger partial charge < -0.3 is 16.4 Å². The van der Waals surface area contributed by atoms with Crippen LogP contribution in [0.5, 0.6) is 0 Å². The SMILES string of the molecule is Cc1ccc(NC(=O)CSc2ccccc2C(=O)NC2CCCC2CN)cc1.Cl. The Hall–Kier alpha value is -2.02. The van der Waals surface area contributed by atoms with Crippen LogP contribution in [0.15, 0.2) is 53.4 Å². The molecule has 3 rings (SSSR count). The van der Waals surface area contributed by atoms with E-state index < -0.39 is 0 Å². The van der Waals surface area contributed by atoms with E-state index in [0.29, 0.717) is 18.0 Å². The van der Waals surface area contributed by atoms with Gasteiger partial charge in [0, 0.05) is 16.6 Å². The van der Waals surface area contributed by atoms with Crippen molar-refractivity contribution in [2.45, 2.75) is 37.1 Å². The highest BCUT2D eigenvalue weighted by atomic mass is 35.5. The standard InChI is InChI=1S/C22H27N3O2S.ClH/c1-15-9-11-17(12-10-15)24-21(26)14-28-20-8-3-2-6-18(20)22(27)25-19-7-4-5-16(19)13-23;/h2-3,6,8-12,16,19H,4-5,7,13-14,23H2,1H3,(H,24,26)(H,25,27);1H. The molecule has 1 saturated carbocycles. The average molecular weight is 434 g/mol. The molecule has 4 N–H and O–H groups in total. The van der Waals surface area contributed by atoms with Crippen molar-refractivity contribution >= 4 is 41.7 Å². The molecule has 0 spiro atoms. The molecule has 0 radical (unpaired) electrons. The molecular formula is C22H28ClN3O2S. The fourth-order valence-electron chi connectivity index (χ4n) is 3.51. The lowest BCUT2D eigenvalue weighted by atomic mass is 10.0. The van der Waals surface area contributed by atoms with Crippen LogP contribution in [0.4, 0.5) is 5.69 Å². The van der Waals surface area contributed by atoms with Gasteiger partial charge in [0.05, 0.1) is 11.3 Å². The van der Waals surface area contributed by atoms with Crippen LogP contribution < -0.4 is 16.4 Å². The summed E-state index contributed by atoms with van der Waals surface area (Å²) in [6.45, 7) is 2.60. The zero-order valence-electron chi connectivity index (χ0n) is 16.5. The van der Waals surface area contributed by atoms with Crippen molar-refractivity contribution in [3.63, 3.8) is 0 Å². The lowest BCUT2D eigenvalue weighted by Crippen LogP contribution is -2.40. The van der Waals surface area contributed by atoms with Crippen LogP contribution in [0.3, 0.4) is 0 Å². The second-order valence-electron chi connectivity index (χ2n) is 7.21. The third-order valence-electron chi connectivity index (χ3n) is 5.10. The van der Waals surface area contributed by atoms with Gasteiger partial charge in [-0.1, -0.05) is 36.2 Å². The molecule has 1 aliphatic carbocycles. The first-order chi connectivity index (χ1) is 13.6. The lowest BCUT2D eigenvalue weighted by Gasteiger charge is -2.20. The first-order valence-corrected chi connectivity index (χ1v) is 10.6. The number of hydrogen-bond donors (Lipinski definition) is 3. The van der Waals surface area contributed by atoms with Gasteiger partial charge in [0.15, 0.2) is 0 Å². The third-order valence-corrected chi connectivity index (χ3v) is 6.18. The summed E-state index contributed by atoms with van der Waals surface area (Å²) in [6, 6.07) is 15.2. The molecule has 2 unspecified atom stereocenters. The van der Waals surface area contributed by atoms with E-state index in [2.05, 4.69) is 10.6 Å². The molecule has 0 heterocycles. The summed E-state index contributed by atoms with van der Waals surface area (Å²) < 4.78 is 0. The van der Waals surface area contributed by atoms with Gasteiger partial charge in [-0.25, -0.2) is 0 Å². The number of nitrogens with one attached hydrogen (secondary N) is 2. The van der Waals surface area contributed by atoms with Gasteiger partial charge in [-0.15, -0.1) is 24.2 Å². The van der Waals surface area contributed by atoms with Gasteiger partial charge in [0.25, 0.3) is 5.91 Å². The normalized spacial score (nSPS) is 18.0. The highest BCUT2D eigenvalue weighted by molar-refractivity contribution is 8.00. The van der Waals surface area contributed by atoms with Gasteiger partial charge in [0.2, 0.25) is 5.91 Å². The van der Waals surface area contributed by atoms with E-state index in [9.17, 15) is 9.59 Å². The van der Waals surface area contributed by atoms with Crippen LogP contribution in [-0.2, 0) is 4.79 Å². The van der Waals surface area contributed by atoms with E-state index in [0.717, 1.165) is 35.4 Å². The van der Waals surface area contributed by atoms with Gasteiger partial charge >= 0.3 is 0 Å². The summed E-state index contributed by atoms with van der Waals surface area (Å²) in [5.41, 5.74) is 8.35. The Labute approximate surface area is 182 Å². The van der Waals surface area contributed by atoms with E-state index >= 15 is 0 Å². The predicted molar refractivity (Wildman–Crippen MR) is 122 cm³/mol. The van der Waals surface area contributed by atoms with Crippen LogP contribution >= 0.6 is 24.2 Å². The second-order valence-corrected chi connectivity index (χ2v) is 8.22. The summed E-state index contributed by atoms with van der Waals surface area (Å²) in [4.78, 5) is 25.9. The highest BCUT2D eigenvalue weighted by Gasteiger charge is 2.28. The van der Waals surface area contributed by atoms with Crippen molar-refractivity contribution < 1.29 is 9.59 Å². The van der Waals surface area contributed by atoms with Crippen LogP contribution in [0.1, 0.15) is 35.2 Å². The molecule has 1 fully saturated rings. The number of nitrogens with two attached hydrogens (primary N) is 1. The molecule has 1 aliphatic rings. The topological polar surface area (TPSA) is 84.2 Å². The van der Waals surface area contributed by atoms with Crippen LogP contribution in [-0.4, -0.2) is 30.2 Å². The largest absolute Gasteiger partial charge is 0.349 e. The minimum absolute atomic E-state index is 0. The number of aryl methyl sites for hydroxylation is 1. The summed E-state index contributed by atoms with van der Waals surface area (Å²) in [7, 11) is 0. The van der Waals surface area contributed by atoms with E-state index in [4.69, 9.17) is 5.73 Å². The fourth-order valence-corrected chi connectivity index (χ4v) is 4.36. The molecule has 2 aromatic carbocycles. The minimum atomic E-state index is -0.0944. The maximum atomic E-state index is 12.8. The molecule has 2 aromatic rings. The first-order valence-electron chi connectivity index (χ1n) is 9.66. The molecule has 0 aliphatic heterocycles. The smallest absolute Gasteiger partial charge is 0.252 e. The van der Waals surface area contributed by atoms with Crippen molar-refractivity contribution in [3.05, 3.63) is 59.7 Å². The molecule has 2 amide bonds. The molecule has 0 saturated heterocycles. The number of benzene rings is 2. The fraction of sp³-hybridized carbons (Fsp3) is 0.364. The Morgan fingerprint density at radius 1 is 1.10 bits per heavy atom. The molecule has 7 heteroatoms. The molecule has 0 aromatic heterocycles.